The van der Waals surface area contributed by atoms with E-state index in [1.54, 1.807) is 36.4 Å². The standard InChI is InChI=1S/C17H16BrN3O4/c1-24-14-6-7-15(25-2)11(8-14)10-19-21-17(23)16(22)20-13-5-3-4-12(18)9-13/h3-10H,1-2H3,(H,20,22)(H,21,23)/b19-10+. The summed E-state index contributed by atoms with van der Waals surface area (Å²) >= 11 is 3.28. The normalized spacial score (nSPS) is 10.4. The monoisotopic (exact) mass is 405 g/mol. The zero-order chi connectivity index (χ0) is 18.2. The third-order valence-corrected chi connectivity index (χ3v) is 3.59. The van der Waals surface area contributed by atoms with Gasteiger partial charge in [-0.25, -0.2) is 5.43 Å². The number of carbonyl (C=O) groups is 2. The number of hydrogen-bond acceptors (Lipinski definition) is 5. The molecule has 0 spiro atoms. The number of anilines is 1. The molecule has 0 saturated carbocycles. The number of ether oxygens (including phenoxy) is 2. The summed E-state index contributed by atoms with van der Waals surface area (Å²) in [4.78, 5) is 23.6. The fourth-order valence-corrected chi connectivity index (χ4v) is 2.30. The number of nitrogens with zero attached hydrogens (tertiary/aromatic N) is 1. The van der Waals surface area contributed by atoms with Crippen LogP contribution >= 0.6 is 15.9 Å². The largest absolute Gasteiger partial charge is 0.497 e. The van der Waals surface area contributed by atoms with Crippen molar-refractivity contribution in [2.75, 3.05) is 19.5 Å². The van der Waals surface area contributed by atoms with Gasteiger partial charge >= 0.3 is 11.8 Å². The van der Waals surface area contributed by atoms with Gasteiger partial charge in [0.05, 0.1) is 20.4 Å². The van der Waals surface area contributed by atoms with Crippen molar-refractivity contribution in [1.29, 1.82) is 0 Å². The maximum absolute atomic E-state index is 11.8. The zero-order valence-corrected chi connectivity index (χ0v) is 15.2. The van der Waals surface area contributed by atoms with E-state index in [1.165, 1.54) is 20.4 Å². The number of hydrogen-bond donors (Lipinski definition) is 2. The maximum atomic E-state index is 11.8. The third-order valence-electron chi connectivity index (χ3n) is 3.10. The molecule has 2 aromatic rings. The SMILES string of the molecule is COc1ccc(OC)c(/C=N/NC(=O)C(=O)Nc2cccc(Br)c2)c1. The topological polar surface area (TPSA) is 89.0 Å². The quantitative estimate of drug-likeness (QED) is 0.454. The summed E-state index contributed by atoms with van der Waals surface area (Å²) in [6, 6.07) is 12.0. The highest BCUT2D eigenvalue weighted by atomic mass is 79.9. The Morgan fingerprint density at radius 1 is 1.08 bits per heavy atom. The number of carbonyl (C=O) groups excluding carboxylic acids is 2. The predicted molar refractivity (Wildman–Crippen MR) is 98.1 cm³/mol. The van der Waals surface area contributed by atoms with Gasteiger partial charge < -0.3 is 14.8 Å². The van der Waals surface area contributed by atoms with Crippen molar-refractivity contribution in [1.82, 2.24) is 5.43 Å². The molecule has 130 valence electrons. The highest BCUT2D eigenvalue weighted by Gasteiger charge is 2.13. The Balaban J connectivity index is 1.99. The van der Waals surface area contributed by atoms with Gasteiger partial charge in [-0.1, -0.05) is 22.0 Å². The van der Waals surface area contributed by atoms with E-state index in [2.05, 4.69) is 31.8 Å². The molecule has 0 saturated heterocycles. The van der Waals surface area contributed by atoms with Crippen molar-refractivity contribution in [2.24, 2.45) is 5.10 Å². The summed E-state index contributed by atoms with van der Waals surface area (Å²) in [5.74, 6) is -0.552. The van der Waals surface area contributed by atoms with E-state index in [0.717, 1.165) is 4.47 Å². The Morgan fingerprint density at radius 2 is 1.88 bits per heavy atom. The first-order valence-corrected chi connectivity index (χ1v) is 7.94. The first kappa shape index (κ1) is 18.5. The molecular weight excluding hydrogens is 390 g/mol. The molecule has 0 bridgehead atoms. The highest BCUT2D eigenvalue weighted by Crippen LogP contribution is 2.22. The highest BCUT2D eigenvalue weighted by molar-refractivity contribution is 9.10. The van der Waals surface area contributed by atoms with Crippen LogP contribution in [0.1, 0.15) is 5.56 Å². The molecule has 0 atom stereocenters. The summed E-state index contributed by atoms with van der Waals surface area (Å²) in [5, 5.41) is 6.25. The summed E-state index contributed by atoms with van der Waals surface area (Å²) in [6.07, 6.45) is 1.37. The lowest BCUT2D eigenvalue weighted by atomic mass is 10.2. The van der Waals surface area contributed by atoms with Crippen LogP contribution in [0.5, 0.6) is 11.5 Å². The summed E-state index contributed by atoms with van der Waals surface area (Å²) in [5.41, 5.74) is 3.25. The molecule has 2 rings (SSSR count). The Hall–Kier alpha value is -2.87. The molecule has 0 fully saturated rings. The summed E-state index contributed by atoms with van der Waals surface area (Å²) < 4.78 is 11.1. The number of rotatable bonds is 5. The first-order chi connectivity index (χ1) is 12.0. The second-order valence-corrected chi connectivity index (χ2v) is 5.69. The average Bonchev–Trinajstić information content (AvgIpc) is 2.61. The van der Waals surface area contributed by atoms with Crippen molar-refractivity contribution < 1.29 is 19.1 Å². The molecule has 0 radical (unpaired) electrons. The molecular formula is C17H16BrN3O4. The third kappa shape index (κ3) is 5.32. The average molecular weight is 406 g/mol. The molecule has 2 amide bonds. The molecule has 2 N–H and O–H groups in total. The van der Waals surface area contributed by atoms with E-state index >= 15 is 0 Å². The van der Waals surface area contributed by atoms with Gasteiger partial charge in [0.15, 0.2) is 0 Å². The van der Waals surface area contributed by atoms with E-state index in [4.69, 9.17) is 9.47 Å². The smallest absolute Gasteiger partial charge is 0.329 e. The number of amides is 2. The van der Waals surface area contributed by atoms with E-state index in [9.17, 15) is 9.59 Å². The minimum atomic E-state index is -0.891. The van der Waals surface area contributed by atoms with Gasteiger partial charge in [-0.05, 0) is 36.4 Å². The molecule has 0 aliphatic carbocycles. The van der Waals surface area contributed by atoms with Crippen LogP contribution in [0.3, 0.4) is 0 Å². The molecule has 0 aromatic heterocycles. The molecule has 0 aliphatic rings. The van der Waals surface area contributed by atoms with Crippen LogP contribution in [0.2, 0.25) is 0 Å². The summed E-state index contributed by atoms with van der Waals surface area (Å²) in [7, 11) is 3.06. The van der Waals surface area contributed by atoms with E-state index < -0.39 is 11.8 Å². The molecule has 0 unspecified atom stereocenters. The van der Waals surface area contributed by atoms with Crippen LogP contribution in [0.15, 0.2) is 52.0 Å². The molecule has 0 heterocycles. The van der Waals surface area contributed by atoms with Gasteiger partial charge in [-0.15, -0.1) is 0 Å². The molecule has 2 aromatic carbocycles. The zero-order valence-electron chi connectivity index (χ0n) is 13.6. The summed E-state index contributed by atoms with van der Waals surface area (Å²) in [6.45, 7) is 0. The minimum Gasteiger partial charge on any atom is -0.497 e. The lowest BCUT2D eigenvalue weighted by molar-refractivity contribution is -0.136. The van der Waals surface area contributed by atoms with Crippen LogP contribution in [-0.2, 0) is 9.59 Å². The number of nitrogens with one attached hydrogen (secondary N) is 2. The van der Waals surface area contributed by atoms with Crippen molar-refractivity contribution in [3.63, 3.8) is 0 Å². The second-order valence-electron chi connectivity index (χ2n) is 4.77. The van der Waals surface area contributed by atoms with Gasteiger partial charge in [-0.3, -0.25) is 9.59 Å². The number of methoxy groups -OCH3 is 2. The van der Waals surface area contributed by atoms with Gasteiger partial charge in [0.1, 0.15) is 11.5 Å². The van der Waals surface area contributed by atoms with Crippen molar-refractivity contribution in [3.8, 4) is 11.5 Å². The van der Waals surface area contributed by atoms with Gasteiger partial charge in [-0.2, -0.15) is 5.10 Å². The Bertz CT molecular complexity index is 808. The van der Waals surface area contributed by atoms with E-state index in [-0.39, 0.29) is 0 Å². The Morgan fingerprint density at radius 3 is 2.56 bits per heavy atom. The number of benzene rings is 2. The van der Waals surface area contributed by atoms with Gasteiger partial charge in [0.2, 0.25) is 0 Å². The van der Waals surface area contributed by atoms with Gasteiger partial charge in [0, 0.05) is 15.7 Å². The number of hydrazone groups is 1. The number of halogens is 1. The van der Waals surface area contributed by atoms with Crippen molar-refractivity contribution in [2.45, 2.75) is 0 Å². The lowest BCUT2D eigenvalue weighted by Crippen LogP contribution is -2.32. The van der Waals surface area contributed by atoms with Crippen LogP contribution in [0.25, 0.3) is 0 Å². The Labute approximate surface area is 153 Å². The van der Waals surface area contributed by atoms with Crippen molar-refractivity contribution >= 4 is 39.6 Å². The first-order valence-electron chi connectivity index (χ1n) is 7.15. The minimum absolute atomic E-state index is 0.493. The molecule has 0 aliphatic heterocycles. The fourth-order valence-electron chi connectivity index (χ4n) is 1.91. The molecule has 25 heavy (non-hydrogen) atoms. The van der Waals surface area contributed by atoms with Gasteiger partial charge in [0.25, 0.3) is 0 Å². The van der Waals surface area contributed by atoms with Crippen LogP contribution in [0, 0.1) is 0 Å². The fraction of sp³-hybridized carbons (Fsp3) is 0.118. The van der Waals surface area contributed by atoms with Crippen molar-refractivity contribution in [3.05, 3.63) is 52.5 Å². The molecule has 8 heteroatoms. The Kier molecular flexibility index (Phi) is 6.53. The molecule has 7 nitrogen and oxygen atoms in total. The van der Waals surface area contributed by atoms with E-state index in [0.29, 0.717) is 22.7 Å². The maximum Gasteiger partial charge on any atom is 0.329 e. The lowest BCUT2D eigenvalue weighted by Gasteiger charge is -2.07. The van der Waals surface area contributed by atoms with Crippen LogP contribution < -0.4 is 20.2 Å². The van der Waals surface area contributed by atoms with Crippen LogP contribution in [-0.4, -0.2) is 32.2 Å². The van der Waals surface area contributed by atoms with E-state index in [1.807, 2.05) is 6.07 Å². The predicted octanol–water partition coefficient (Wildman–Crippen LogP) is 2.56. The van der Waals surface area contributed by atoms with Crippen LogP contribution in [0.4, 0.5) is 5.69 Å². The second kappa shape index (κ2) is 8.84.